The molecule has 1 atom stereocenters. The molecule has 1 aliphatic rings. The lowest BCUT2D eigenvalue weighted by Crippen LogP contribution is -2.30. The van der Waals surface area contributed by atoms with Crippen LogP contribution in [0.15, 0.2) is 0 Å². The van der Waals surface area contributed by atoms with Crippen molar-refractivity contribution < 1.29 is 9.53 Å². The SMILES string of the molecule is CCOC(C(C)=O)C1CCCCCC1. The van der Waals surface area contributed by atoms with Crippen molar-refractivity contribution in [2.24, 2.45) is 5.92 Å². The van der Waals surface area contributed by atoms with E-state index in [1.807, 2.05) is 6.92 Å². The van der Waals surface area contributed by atoms with E-state index in [0.29, 0.717) is 12.5 Å². The maximum Gasteiger partial charge on any atom is 0.158 e. The normalized spacial score (nSPS) is 21.6. The van der Waals surface area contributed by atoms with Crippen molar-refractivity contribution in [2.75, 3.05) is 6.61 Å². The molecule has 2 nitrogen and oxygen atoms in total. The topological polar surface area (TPSA) is 26.3 Å². The Hall–Kier alpha value is -0.370. The molecule has 1 saturated carbocycles. The molecule has 1 aliphatic carbocycles. The Balaban J connectivity index is 2.51. The molecular formula is C12H22O2. The summed E-state index contributed by atoms with van der Waals surface area (Å²) in [6.45, 7) is 4.28. The maximum atomic E-state index is 11.4. The van der Waals surface area contributed by atoms with Gasteiger partial charge in [-0.15, -0.1) is 0 Å². The van der Waals surface area contributed by atoms with Crippen molar-refractivity contribution in [3.05, 3.63) is 0 Å². The molecule has 0 spiro atoms. The van der Waals surface area contributed by atoms with Gasteiger partial charge in [-0.25, -0.2) is 0 Å². The van der Waals surface area contributed by atoms with Crippen LogP contribution in [0.2, 0.25) is 0 Å². The van der Waals surface area contributed by atoms with Crippen molar-refractivity contribution in [3.63, 3.8) is 0 Å². The van der Waals surface area contributed by atoms with Gasteiger partial charge in [0.05, 0.1) is 0 Å². The number of hydrogen-bond acceptors (Lipinski definition) is 2. The Morgan fingerprint density at radius 1 is 1.29 bits per heavy atom. The van der Waals surface area contributed by atoms with Crippen molar-refractivity contribution >= 4 is 5.78 Å². The van der Waals surface area contributed by atoms with Crippen LogP contribution < -0.4 is 0 Å². The van der Waals surface area contributed by atoms with Gasteiger partial charge in [0, 0.05) is 6.61 Å². The van der Waals surface area contributed by atoms with Crippen LogP contribution in [0, 0.1) is 5.92 Å². The number of ether oxygens (including phenoxy) is 1. The number of carbonyl (C=O) groups is 1. The summed E-state index contributed by atoms with van der Waals surface area (Å²) in [6.07, 6.45) is 7.40. The lowest BCUT2D eigenvalue weighted by Gasteiger charge is -2.23. The average molecular weight is 198 g/mol. The summed E-state index contributed by atoms with van der Waals surface area (Å²) >= 11 is 0. The van der Waals surface area contributed by atoms with Crippen LogP contribution in [0.5, 0.6) is 0 Å². The highest BCUT2D eigenvalue weighted by Gasteiger charge is 2.26. The summed E-state index contributed by atoms with van der Waals surface area (Å²) in [5.74, 6) is 0.689. The van der Waals surface area contributed by atoms with Crippen molar-refractivity contribution in [3.8, 4) is 0 Å². The first-order chi connectivity index (χ1) is 6.75. The zero-order chi connectivity index (χ0) is 10.4. The summed E-state index contributed by atoms with van der Waals surface area (Å²) in [5, 5.41) is 0. The van der Waals surface area contributed by atoms with Crippen LogP contribution in [0.1, 0.15) is 52.4 Å². The van der Waals surface area contributed by atoms with Gasteiger partial charge in [0.2, 0.25) is 0 Å². The molecule has 0 N–H and O–H groups in total. The fourth-order valence-corrected chi connectivity index (χ4v) is 2.38. The van der Waals surface area contributed by atoms with Crippen LogP contribution in [-0.4, -0.2) is 18.5 Å². The molecule has 0 amide bonds. The molecule has 0 aromatic carbocycles. The molecule has 0 aromatic heterocycles. The van der Waals surface area contributed by atoms with Gasteiger partial charge in [-0.1, -0.05) is 25.7 Å². The van der Waals surface area contributed by atoms with Crippen LogP contribution in [0.25, 0.3) is 0 Å². The van der Waals surface area contributed by atoms with E-state index in [1.54, 1.807) is 6.92 Å². The van der Waals surface area contributed by atoms with E-state index in [4.69, 9.17) is 4.74 Å². The molecule has 0 bridgehead atoms. The van der Waals surface area contributed by atoms with Gasteiger partial charge in [-0.2, -0.15) is 0 Å². The van der Waals surface area contributed by atoms with Crippen molar-refractivity contribution in [1.82, 2.24) is 0 Å². The van der Waals surface area contributed by atoms with Crippen LogP contribution in [-0.2, 0) is 9.53 Å². The predicted molar refractivity (Wildman–Crippen MR) is 57.3 cm³/mol. The number of rotatable bonds is 4. The lowest BCUT2D eigenvalue weighted by atomic mass is 9.92. The third-order valence-electron chi connectivity index (χ3n) is 3.07. The Morgan fingerprint density at radius 3 is 2.29 bits per heavy atom. The van der Waals surface area contributed by atoms with Gasteiger partial charge in [0.15, 0.2) is 5.78 Å². The fourth-order valence-electron chi connectivity index (χ4n) is 2.38. The van der Waals surface area contributed by atoms with E-state index in [-0.39, 0.29) is 11.9 Å². The van der Waals surface area contributed by atoms with E-state index < -0.39 is 0 Å². The zero-order valence-electron chi connectivity index (χ0n) is 9.42. The molecule has 0 saturated heterocycles. The summed E-state index contributed by atoms with van der Waals surface area (Å²) in [4.78, 5) is 11.4. The highest BCUT2D eigenvalue weighted by molar-refractivity contribution is 5.80. The number of hydrogen-bond donors (Lipinski definition) is 0. The first-order valence-corrected chi connectivity index (χ1v) is 5.87. The highest BCUT2D eigenvalue weighted by Crippen LogP contribution is 2.27. The summed E-state index contributed by atoms with van der Waals surface area (Å²) in [7, 11) is 0. The predicted octanol–water partition coefficient (Wildman–Crippen LogP) is 2.95. The monoisotopic (exact) mass is 198 g/mol. The molecule has 0 heterocycles. The third-order valence-corrected chi connectivity index (χ3v) is 3.07. The Kier molecular flexibility index (Phi) is 5.16. The molecule has 1 unspecified atom stereocenters. The van der Waals surface area contributed by atoms with Crippen LogP contribution >= 0.6 is 0 Å². The second kappa shape index (κ2) is 6.18. The minimum absolute atomic E-state index is 0.127. The van der Waals surface area contributed by atoms with Crippen LogP contribution in [0.3, 0.4) is 0 Å². The minimum atomic E-state index is -0.127. The van der Waals surface area contributed by atoms with Crippen molar-refractivity contribution in [2.45, 2.75) is 58.5 Å². The first-order valence-electron chi connectivity index (χ1n) is 5.87. The first kappa shape index (κ1) is 11.7. The standard InChI is InChI=1S/C12H22O2/c1-3-14-12(10(2)13)11-8-6-4-5-7-9-11/h11-12H,3-9H2,1-2H3. The van der Waals surface area contributed by atoms with E-state index in [9.17, 15) is 4.79 Å². The molecule has 1 fully saturated rings. The van der Waals surface area contributed by atoms with Gasteiger partial charge in [-0.05, 0) is 32.6 Å². The molecule has 0 aromatic rings. The number of ketones is 1. The van der Waals surface area contributed by atoms with E-state index >= 15 is 0 Å². The minimum Gasteiger partial charge on any atom is -0.370 e. The molecule has 0 radical (unpaired) electrons. The number of Topliss-reactive ketones (excluding diaryl/α,β-unsaturated/α-hetero) is 1. The average Bonchev–Trinajstić information content (AvgIpc) is 2.41. The lowest BCUT2D eigenvalue weighted by molar-refractivity contribution is -0.132. The molecule has 14 heavy (non-hydrogen) atoms. The third kappa shape index (κ3) is 3.41. The van der Waals surface area contributed by atoms with Gasteiger partial charge in [0.1, 0.15) is 6.10 Å². The Morgan fingerprint density at radius 2 is 1.86 bits per heavy atom. The quantitative estimate of drug-likeness (QED) is 0.649. The largest absolute Gasteiger partial charge is 0.370 e. The van der Waals surface area contributed by atoms with E-state index in [1.165, 1.54) is 38.5 Å². The van der Waals surface area contributed by atoms with E-state index in [0.717, 1.165) is 0 Å². The zero-order valence-corrected chi connectivity index (χ0v) is 9.42. The summed E-state index contributed by atoms with van der Waals surface area (Å²) < 4.78 is 5.55. The maximum absolute atomic E-state index is 11.4. The second-order valence-corrected chi connectivity index (χ2v) is 4.24. The molecule has 82 valence electrons. The smallest absolute Gasteiger partial charge is 0.158 e. The fraction of sp³-hybridized carbons (Fsp3) is 0.917. The molecule has 0 aliphatic heterocycles. The Bertz CT molecular complexity index is 169. The van der Waals surface area contributed by atoms with Crippen molar-refractivity contribution in [1.29, 1.82) is 0 Å². The molecular weight excluding hydrogens is 176 g/mol. The second-order valence-electron chi connectivity index (χ2n) is 4.24. The summed E-state index contributed by atoms with van der Waals surface area (Å²) in [6, 6.07) is 0. The van der Waals surface area contributed by atoms with Gasteiger partial charge >= 0.3 is 0 Å². The van der Waals surface area contributed by atoms with Gasteiger partial charge in [-0.3, -0.25) is 4.79 Å². The van der Waals surface area contributed by atoms with Gasteiger partial charge < -0.3 is 4.74 Å². The summed E-state index contributed by atoms with van der Waals surface area (Å²) in [5.41, 5.74) is 0. The highest BCUT2D eigenvalue weighted by atomic mass is 16.5. The van der Waals surface area contributed by atoms with E-state index in [2.05, 4.69) is 0 Å². The Labute approximate surface area is 87.0 Å². The van der Waals surface area contributed by atoms with Gasteiger partial charge in [0.25, 0.3) is 0 Å². The van der Waals surface area contributed by atoms with Crippen LogP contribution in [0.4, 0.5) is 0 Å². The molecule has 1 rings (SSSR count). The molecule has 2 heteroatoms. The number of carbonyl (C=O) groups excluding carboxylic acids is 1.